The summed E-state index contributed by atoms with van der Waals surface area (Å²) in [5, 5.41) is 14.4. The smallest absolute Gasteiger partial charge is 0.131 e. The first-order chi connectivity index (χ1) is 8.97. The molecule has 0 unspecified atom stereocenters. The Labute approximate surface area is 113 Å². The van der Waals surface area contributed by atoms with Crippen molar-refractivity contribution in [1.29, 1.82) is 0 Å². The van der Waals surface area contributed by atoms with E-state index in [2.05, 4.69) is 39.0 Å². The van der Waals surface area contributed by atoms with Crippen molar-refractivity contribution in [3.63, 3.8) is 0 Å². The molecule has 0 heterocycles. The lowest BCUT2D eigenvalue weighted by Gasteiger charge is -2.20. The highest BCUT2D eigenvalue weighted by Crippen LogP contribution is 2.35. The predicted molar refractivity (Wildman–Crippen MR) is 81.8 cm³/mol. The van der Waals surface area contributed by atoms with Crippen molar-refractivity contribution in [3.05, 3.63) is 54.1 Å². The van der Waals surface area contributed by atoms with Crippen LogP contribution in [0.2, 0.25) is 0 Å². The fourth-order valence-corrected chi connectivity index (χ4v) is 2.52. The Balaban J connectivity index is 2.38. The standard InChI is InChI=1S/C18H18O/c1-18(2,3)14-8-9-16-13(11-14)10-12-6-4-5-7-15(12)17(16)19/h4-11,19H,1-3H3. The van der Waals surface area contributed by atoms with Crippen molar-refractivity contribution in [3.8, 4) is 5.75 Å². The molecule has 1 N–H and O–H groups in total. The van der Waals surface area contributed by atoms with E-state index in [4.69, 9.17) is 0 Å². The van der Waals surface area contributed by atoms with E-state index in [0.717, 1.165) is 21.5 Å². The molecule has 0 bridgehead atoms. The molecule has 0 aliphatic heterocycles. The third-order valence-electron chi connectivity index (χ3n) is 3.70. The van der Waals surface area contributed by atoms with E-state index in [0.29, 0.717) is 5.75 Å². The minimum atomic E-state index is 0.120. The Morgan fingerprint density at radius 2 is 1.47 bits per heavy atom. The zero-order valence-corrected chi connectivity index (χ0v) is 11.6. The van der Waals surface area contributed by atoms with Crippen LogP contribution in [0, 0.1) is 0 Å². The van der Waals surface area contributed by atoms with E-state index < -0.39 is 0 Å². The molecule has 0 saturated carbocycles. The van der Waals surface area contributed by atoms with E-state index in [9.17, 15) is 5.11 Å². The average Bonchev–Trinajstić information content (AvgIpc) is 2.37. The topological polar surface area (TPSA) is 20.2 Å². The fraction of sp³-hybridized carbons (Fsp3) is 0.222. The molecule has 19 heavy (non-hydrogen) atoms. The van der Waals surface area contributed by atoms with Crippen LogP contribution in [0.15, 0.2) is 48.5 Å². The average molecular weight is 250 g/mol. The zero-order chi connectivity index (χ0) is 13.6. The van der Waals surface area contributed by atoms with E-state index >= 15 is 0 Å². The number of fused-ring (bicyclic) bond motifs is 2. The summed E-state index contributed by atoms with van der Waals surface area (Å²) < 4.78 is 0. The third-order valence-corrected chi connectivity index (χ3v) is 3.70. The van der Waals surface area contributed by atoms with Gasteiger partial charge in [-0.2, -0.15) is 0 Å². The van der Waals surface area contributed by atoms with E-state index in [1.54, 1.807) is 0 Å². The maximum absolute atomic E-state index is 10.4. The molecule has 0 aliphatic rings. The van der Waals surface area contributed by atoms with Gasteiger partial charge in [0.25, 0.3) is 0 Å². The minimum absolute atomic E-state index is 0.120. The Hall–Kier alpha value is -2.02. The molecule has 0 aliphatic carbocycles. The number of phenols is 1. The van der Waals surface area contributed by atoms with Gasteiger partial charge in [0.05, 0.1) is 0 Å². The summed E-state index contributed by atoms with van der Waals surface area (Å²) in [5.74, 6) is 0.383. The highest BCUT2D eigenvalue weighted by molar-refractivity contribution is 6.05. The quantitative estimate of drug-likeness (QED) is 0.557. The van der Waals surface area contributed by atoms with Crippen LogP contribution in [-0.2, 0) is 5.41 Å². The molecule has 3 aromatic rings. The van der Waals surface area contributed by atoms with Crippen molar-refractivity contribution < 1.29 is 5.11 Å². The lowest BCUT2D eigenvalue weighted by Crippen LogP contribution is -2.10. The number of aromatic hydroxyl groups is 1. The van der Waals surface area contributed by atoms with Crippen LogP contribution >= 0.6 is 0 Å². The second-order valence-electron chi connectivity index (χ2n) is 6.13. The van der Waals surface area contributed by atoms with Gasteiger partial charge in [0.15, 0.2) is 0 Å². The van der Waals surface area contributed by atoms with Crippen molar-refractivity contribution in [1.82, 2.24) is 0 Å². The molecule has 0 aromatic heterocycles. The number of hydrogen-bond acceptors (Lipinski definition) is 1. The van der Waals surface area contributed by atoms with E-state index in [1.165, 1.54) is 5.56 Å². The molecule has 1 heteroatoms. The van der Waals surface area contributed by atoms with Crippen LogP contribution in [0.5, 0.6) is 5.75 Å². The summed E-state index contributed by atoms with van der Waals surface area (Å²) in [6.45, 7) is 6.61. The summed E-state index contributed by atoms with van der Waals surface area (Å²) in [7, 11) is 0. The lowest BCUT2D eigenvalue weighted by molar-refractivity contribution is 0.487. The molecule has 3 rings (SSSR count). The first kappa shape index (κ1) is 12.0. The molecule has 0 fully saturated rings. The fourth-order valence-electron chi connectivity index (χ4n) is 2.52. The Morgan fingerprint density at radius 1 is 0.789 bits per heavy atom. The first-order valence-electron chi connectivity index (χ1n) is 6.62. The van der Waals surface area contributed by atoms with Crippen LogP contribution in [0.1, 0.15) is 26.3 Å². The van der Waals surface area contributed by atoms with Gasteiger partial charge in [-0.05, 0) is 27.8 Å². The van der Waals surface area contributed by atoms with Crippen LogP contribution < -0.4 is 0 Å². The Bertz CT molecular complexity index is 764. The third kappa shape index (κ3) is 1.95. The Morgan fingerprint density at radius 3 is 2.21 bits per heavy atom. The molecular weight excluding hydrogens is 232 g/mol. The summed E-state index contributed by atoms with van der Waals surface area (Å²) in [5.41, 5.74) is 1.41. The molecule has 0 spiro atoms. The number of hydrogen-bond donors (Lipinski definition) is 1. The number of rotatable bonds is 0. The van der Waals surface area contributed by atoms with Gasteiger partial charge in [-0.15, -0.1) is 0 Å². The number of benzene rings is 3. The second-order valence-corrected chi connectivity index (χ2v) is 6.13. The molecule has 96 valence electrons. The SMILES string of the molecule is CC(C)(C)c1ccc2c(O)c3ccccc3cc2c1. The highest BCUT2D eigenvalue weighted by Gasteiger charge is 2.15. The summed E-state index contributed by atoms with van der Waals surface area (Å²) in [4.78, 5) is 0. The van der Waals surface area contributed by atoms with Gasteiger partial charge in [-0.3, -0.25) is 0 Å². The van der Waals surface area contributed by atoms with Gasteiger partial charge in [0.1, 0.15) is 5.75 Å². The van der Waals surface area contributed by atoms with Gasteiger partial charge >= 0.3 is 0 Å². The number of phenolic OH excluding ortho intramolecular Hbond substituents is 1. The van der Waals surface area contributed by atoms with Crippen LogP contribution in [-0.4, -0.2) is 5.11 Å². The normalized spacial score (nSPS) is 12.2. The molecule has 0 saturated heterocycles. The van der Waals surface area contributed by atoms with Crippen LogP contribution in [0.3, 0.4) is 0 Å². The van der Waals surface area contributed by atoms with Crippen LogP contribution in [0.4, 0.5) is 0 Å². The van der Waals surface area contributed by atoms with Gasteiger partial charge in [0.2, 0.25) is 0 Å². The molecular formula is C18H18O. The monoisotopic (exact) mass is 250 g/mol. The first-order valence-corrected chi connectivity index (χ1v) is 6.62. The largest absolute Gasteiger partial charge is 0.507 e. The molecule has 3 aromatic carbocycles. The second kappa shape index (κ2) is 3.99. The maximum Gasteiger partial charge on any atom is 0.131 e. The molecule has 0 atom stereocenters. The molecule has 0 amide bonds. The maximum atomic E-state index is 10.4. The van der Waals surface area contributed by atoms with Crippen molar-refractivity contribution in [2.24, 2.45) is 0 Å². The van der Waals surface area contributed by atoms with Crippen molar-refractivity contribution in [2.45, 2.75) is 26.2 Å². The molecule has 0 radical (unpaired) electrons. The molecule has 1 nitrogen and oxygen atoms in total. The lowest BCUT2D eigenvalue weighted by atomic mass is 9.85. The Kier molecular flexibility index (Phi) is 2.53. The van der Waals surface area contributed by atoms with Crippen LogP contribution in [0.25, 0.3) is 21.5 Å². The summed E-state index contributed by atoms with van der Waals surface area (Å²) in [6.07, 6.45) is 0. The van der Waals surface area contributed by atoms with E-state index in [-0.39, 0.29) is 5.41 Å². The zero-order valence-electron chi connectivity index (χ0n) is 11.6. The van der Waals surface area contributed by atoms with Crippen molar-refractivity contribution >= 4 is 21.5 Å². The predicted octanol–water partition coefficient (Wildman–Crippen LogP) is 5.00. The van der Waals surface area contributed by atoms with E-state index in [1.807, 2.05) is 30.3 Å². The summed E-state index contributed by atoms with van der Waals surface area (Å²) in [6, 6.07) is 16.4. The highest BCUT2D eigenvalue weighted by atomic mass is 16.3. The van der Waals surface area contributed by atoms with Gasteiger partial charge in [0, 0.05) is 10.8 Å². The van der Waals surface area contributed by atoms with Gasteiger partial charge in [-0.1, -0.05) is 63.2 Å². The summed E-state index contributed by atoms with van der Waals surface area (Å²) >= 11 is 0. The minimum Gasteiger partial charge on any atom is -0.507 e. The van der Waals surface area contributed by atoms with Gasteiger partial charge in [-0.25, -0.2) is 0 Å². The van der Waals surface area contributed by atoms with Crippen molar-refractivity contribution in [2.75, 3.05) is 0 Å². The van der Waals surface area contributed by atoms with Gasteiger partial charge < -0.3 is 5.11 Å².